The maximum absolute atomic E-state index is 5.75. The van der Waals surface area contributed by atoms with Gasteiger partial charge in [0.2, 0.25) is 0 Å². The first kappa shape index (κ1) is 21.8. The highest BCUT2D eigenvalue weighted by molar-refractivity contribution is 4.88. The molecule has 0 aromatic rings. The number of nitrogens with two attached hydrogens (primary N) is 1. The van der Waals surface area contributed by atoms with E-state index < -0.39 is 5.97 Å². The van der Waals surface area contributed by atoms with Crippen molar-refractivity contribution in [2.24, 2.45) is 11.1 Å². The largest absolute Gasteiger partial charge is 0.330 e. The van der Waals surface area contributed by atoms with E-state index in [4.69, 9.17) is 19.9 Å². The van der Waals surface area contributed by atoms with Gasteiger partial charge in [-0.2, -0.15) is 0 Å². The van der Waals surface area contributed by atoms with Crippen LogP contribution in [0.1, 0.15) is 78.1 Å². The molecule has 2 N–H and O–H groups in total. The van der Waals surface area contributed by atoms with Crippen LogP contribution in [-0.2, 0) is 14.2 Å². The second kappa shape index (κ2) is 12.3. The van der Waals surface area contributed by atoms with E-state index in [1.165, 1.54) is 38.5 Å². The quantitative estimate of drug-likeness (QED) is 0.358. The Labute approximate surface area is 138 Å². The minimum absolute atomic E-state index is 0.143. The zero-order valence-corrected chi connectivity index (χ0v) is 15.6. The molecule has 4 heteroatoms. The van der Waals surface area contributed by atoms with E-state index in [1.807, 2.05) is 0 Å². The summed E-state index contributed by atoms with van der Waals surface area (Å²) in [6, 6.07) is 0. The molecule has 4 nitrogen and oxygen atoms in total. The van der Waals surface area contributed by atoms with Gasteiger partial charge >= 0.3 is 0 Å². The number of ether oxygens (including phenoxy) is 3. The Morgan fingerprint density at radius 2 is 1.23 bits per heavy atom. The minimum atomic E-state index is -0.972. The Morgan fingerprint density at radius 1 is 0.727 bits per heavy atom. The fourth-order valence-corrected chi connectivity index (χ4v) is 3.58. The number of rotatable bonds is 15. The van der Waals surface area contributed by atoms with E-state index in [2.05, 4.69) is 13.8 Å². The molecule has 0 fully saturated rings. The molecule has 0 heterocycles. The molecule has 0 amide bonds. The van der Waals surface area contributed by atoms with Gasteiger partial charge in [0.15, 0.2) is 0 Å². The molecule has 1 atom stereocenters. The van der Waals surface area contributed by atoms with Gasteiger partial charge in [-0.3, -0.25) is 0 Å². The van der Waals surface area contributed by atoms with Gasteiger partial charge in [0.25, 0.3) is 5.97 Å². The minimum Gasteiger partial charge on any atom is -0.330 e. The molecule has 0 aliphatic carbocycles. The molecule has 22 heavy (non-hydrogen) atoms. The third kappa shape index (κ3) is 5.80. The predicted octanol–water partition coefficient (Wildman–Crippen LogP) is 4.47. The van der Waals surface area contributed by atoms with Gasteiger partial charge in [-0.25, -0.2) is 0 Å². The SMILES string of the molecule is CCCCCCCCC(CC)(CCCN)C(OC)(OC)OC. The zero-order valence-electron chi connectivity index (χ0n) is 15.6. The summed E-state index contributed by atoms with van der Waals surface area (Å²) in [4.78, 5) is 0. The van der Waals surface area contributed by atoms with Gasteiger partial charge in [0, 0.05) is 21.3 Å². The number of hydrogen-bond acceptors (Lipinski definition) is 4. The summed E-state index contributed by atoms with van der Waals surface area (Å²) in [7, 11) is 5.00. The molecular weight excluding hydrogens is 278 g/mol. The monoisotopic (exact) mass is 317 g/mol. The number of hydrogen-bond donors (Lipinski definition) is 1. The molecule has 1 unspecified atom stereocenters. The van der Waals surface area contributed by atoms with E-state index in [-0.39, 0.29) is 5.41 Å². The highest BCUT2D eigenvalue weighted by Gasteiger charge is 2.51. The topological polar surface area (TPSA) is 53.7 Å². The lowest BCUT2D eigenvalue weighted by Gasteiger charge is -2.47. The Morgan fingerprint density at radius 3 is 1.68 bits per heavy atom. The molecule has 0 rings (SSSR count). The van der Waals surface area contributed by atoms with Crippen molar-refractivity contribution >= 4 is 0 Å². The van der Waals surface area contributed by atoms with Crippen LogP contribution in [0.3, 0.4) is 0 Å². The molecule has 0 aliphatic rings. The molecule has 0 aromatic carbocycles. The fourth-order valence-electron chi connectivity index (χ4n) is 3.58. The smallest absolute Gasteiger partial charge is 0.288 e. The Hall–Kier alpha value is -0.160. The molecule has 0 aromatic heterocycles. The Balaban J connectivity index is 4.84. The van der Waals surface area contributed by atoms with Crippen LogP contribution in [0.25, 0.3) is 0 Å². The summed E-state index contributed by atoms with van der Waals surface area (Å²) in [5.41, 5.74) is 5.60. The average Bonchev–Trinajstić information content (AvgIpc) is 2.56. The van der Waals surface area contributed by atoms with Crippen molar-refractivity contribution in [3.8, 4) is 0 Å². The lowest BCUT2D eigenvalue weighted by molar-refractivity contribution is -0.410. The van der Waals surface area contributed by atoms with Crippen molar-refractivity contribution < 1.29 is 14.2 Å². The highest BCUT2D eigenvalue weighted by atomic mass is 16.9. The Kier molecular flexibility index (Phi) is 12.2. The van der Waals surface area contributed by atoms with Crippen molar-refractivity contribution in [2.45, 2.75) is 84.0 Å². The van der Waals surface area contributed by atoms with Crippen molar-refractivity contribution in [3.05, 3.63) is 0 Å². The van der Waals surface area contributed by atoms with E-state index in [0.29, 0.717) is 6.54 Å². The maximum Gasteiger partial charge on any atom is 0.288 e. The Bertz CT molecular complexity index is 248. The first-order chi connectivity index (χ1) is 10.6. The van der Waals surface area contributed by atoms with Crippen LogP contribution in [0.15, 0.2) is 0 Å². The van der Waals surface area contributed by atoms with Crippen LogP contribution >= 0.6 is 0 Å². The van der Waals surface area contributed by atoms with Crippen LogP contribution in [-0.4, -0.2) is 33.8 Å². The molecule has 0 saturated heterocycles. The molecular formula is C18H39NO3. The second-order valence-electron chi connectivity index (χ2n) is 6.21. The summed E-state index contributed by atoms with van der Waals surface area (Å²) in [6.45, 7) is 5.13. The summed E-state index contributed by atoms with van der Waals surface area (Å²) in [6.07, 6.45) is 11.6. The zero-order chi connectivity index (χ0) is 16.9. The van der Waals surface area contributed by atoms with Crippen molar-refractivity contribution in [1.29, 1.82) is 0 Å². The standard InChI is InChI=1S/C18H39NO3/c1-6-8-9-10-11-12-14-17(7-2,15-13-16-19)18(20-3,21-4)22-5/h6-16,19H2,1-5H3. The lowest BCUT2D eigenvalue weighted by atomic mass is 9.73. The van der Waals surface area contributed by atoms with Gasteiger partial charge in [-0.05, 0) is 32.2 Å². The van der Waals surface area contributed by atoms with Gasteiger partial charge in [-0.15, -0.1) is 0 Å². The van der Waals surface area contributed by atoms with Crippen molar-refractivity contribution in [1.82, 2.24) is 0 Å². The van der Waals surface area contributed by atoms with Crippen molar-refractivity contribution in [3.63, 3.8) is 0 Å². The molecule has 134 valence electrons. The van der Waals surface area contributed by atoms with Crippen LogP contribution in [0.5, 0.6) is 0 Å². The van der Waals surface area contributed by atoms with Crippen LogP contribution in [0.4, 0.5) is 0 Å². The average molecular weight is 318 g/mol. The van der Waals surface area contributed by atoms with Crippen LogP contribution in [0, 0.1) is 5.41 Å². The van der Waals surface area contributed by atoms with Crippen LogP contribution in [0.2, 0.25) is 0 Å². The molecule has 0 bridgehead atoms. The van der Waals surface area contributed by atoms with E-state index in [9.17, 15) is 0 Å². The molecule has 0 spiro atoms. The summed E-state index contributed by atoms with van der Waals surface area (Å²) in [5, 5.41) is 0. The predicted molar refractivity (Wildman–Crippen MR) is 92.8 cm³/mol. The van der Waals surface area contributed by atoms with E-state index in [0.717, 1.165) is 25.7 Å². The van der Waals surface area contributed by atoms with E-state index >= 15 is 0 Å². The van der Waals surface area contributed by atoms with E-state index in [1.54, 1.807) is 21.3 Å². The first-order valence-electron chi connectivity index (χ1n) is 8.97. The lowest BCUT2D eigenvalue weighted by Crippen LogP contribution is -2.53. The second-order valence-corrected chi connectivity index (χ2v) is 6.21. The molecule has 0 radical (unpaired) electrons. The van der Waals surface area contributed by atoms with Crippen molar-refractivity contribution in [2.75, 3.05) is 27.9 Å². The third-order valence-corrected chi connectivity index (χ3v) is 5.00. The fraction of sp³-hybridized carbons (Fsp3) is 1.00. The number of unbranched alkanes of at least 4 members (excludes halogenated alkanes) is 5. The normalized spacial score (nSPS) is 15.0. The first-order valence-corrected chi connectivity index (χ1v) is 8.97. The third-order valence-electron chi connectivity index (χ3n) is 5.00. The maximum atomic E-state index is 5.75. The van der Waals surface area contributed by atoms with Gasteiger partial charge in [-0.1, -0.05) is 52.4 Å². The van der Waals surface area contributed by atoms with Gasteiger partial charge in [0.1, 0.15) is 0 Å². The van der Waals surface area contributed by atoms with Gasteiger partial charge < -0.3 is 19.9 Å². The van der Waals surface area contributed by atoms with Crippen LogP contribution < -0.4 is 5.73 Å². The highest BCUT2D eigenvalue weighted by Crippen LogP contribution is 2.47. The van der Waals surface area contributed by atoms with Gasteiger partial charge in [0.05, 0.1) is 5.41 Å². The summed E-state index contributed by atoms with van der Waals surface area (Å²) >= 11 is 0. The molecule has 0 aliphatic heterocycles. The summed E-state index contributed by atoms with van der Waals surface area (Å²) in [5.74, 6) is -0.972. The summed E-state index contributed by atoms with van der Waals surface area (Å²) < 4.78 is 17.1. The number of methoxy groups -OCH3 is 3. The molecule has 0 saturated carbocycles.